The van der Waals surface area contributed by atoms with Gasteiger partial charge in [0, 0.05) is 29.6 Å². The van der Waals surface area contributed by atoms with Crippen molar-refractivity contribution in [2.24, 2.45) is 11.8 Å². The lowest BCUT2D eigenvalue weighted by molar-refractivity contribution is -0.105. The zero-order chi connectivity index (χ0) is 23.0. The third-order valence-electron chi connectivity index (χ3n) is 8.98. The summed E-state index contributed by atoms with van der Waals surface area (Å²) in [4.78, 5) is 27.0. The Morgan fingerprint density at radius 1 is 1.26 bits per heavy atom. The van der Waals surface area contributed by atoms with E-state index >= 15 is 0 Å². The van der Waals surface area contributed by atoms with Crippen LogP contribution in [-0.2, 0) is 16.6 Å². The lowest BCUT2D eigenvalue weighted by Crippen LogP contribution is -2.69. The normalized spacial score (nSPS) is 33.1. The van der Waals surface area contributed by atoms with Gasteiger partial charge in [-0.2, -0.15) is 0 Å². The van der Waals surface area contributed by atoms with Gasteiger partial charge in [-0.05, 0) is 68.5 Å². The van der Waals surface area contributed by atoms with Crippen molar-refractivity contribution in [3.05, 3.63) is 41.3 Å². The molecule has 2 aliphatic heterocycles. The molecule has 3 aliphatic carbocycles. The number of piperidine rings is 1. The number of benzene rings is 1. The second-order valence-corrected chi connectivity index (χ2v) is 10.7. The van der Waals surface area contributed by atoms with Crippen molar-refractivity contribution in [1.29, 1.82) is 0 Å². The predicted octanol–water partition coefficient (Wildman–Crippen LogP) is 2.80. The van der Waals surface area contributed by atoms with E-state index in [2.05, 4.69) is 21.6 Å². The molecule has 3 heterocycles. The molecule has 178 valence electrons. The Kier molecular flexibility index (Phi) is 4.34. The average Bonchev–Trinajstić information content (AvgIpc) is 3.42. The Hall–Kier alpha value is -3.00. The van der Waals surface area contributed by atoms with Crippen molar-refractivity contribution in [1.82, 2.24) is 10.2 Å². The molecule has 8 heteroatoms. The largest absolute Gasteiger partial charge is 0.505 e. The zero-order valence-corrected chi connectivity index (χ0v) is 19.0. The average molecular weight is 464 g/mol. The molecule has 1 saturated heterocycles. The third kappa shape index (κ3) is 2.81. The van der Waals surface area contributed by atoms with E-state index in [1.54, 1.807) is 0 Å². The fourth-order valence-corrected chi connectivity index (χ4v) is 7.51. The molecule has 1 aromatic heterocycles. The van der Waals surface area contributed by atoms with E-state index in [1.807, 2.05) is 6.07 Å². The van der Waals surface area contributed by atoms with Crippen LogP contribution in [0.15, 0.2) is 28.9 Å². The van der Waals surface area contributed by atoms with Crippen LogP contribution in [0.25, 0.3) is 0 Å². The van der Waals surface area contributed by atoms with E-state index in [-0.39, 0.29) is 35.0 Å². The minimum absolute atomic E-state index is 0.0654. The topological polar surface area (TPSA) is 104 Å². The Balaban J connectivity index is 1.28. The maximum absolute atomic E-state index is 12.9. The molecule has 5 atom stereocenters. The van der Waals surface area contributed by atoms with E-state index < -0.39 is 0 Å². The van der Waals surface area contributed by atoms with Crippen molar-refractivity contribution < 1.29 is 23.8 Å². The molecule has 2 amide bonds. The van der Waals surface area contributed by atoms with Gasteiger partial charge in [-0.25, -0.2) is 0 Å². The first kappa shape index (κ1) is 20.4. The van der Waals surface area contributed by atoms with Crippen LogP contribution in [0.1, 0.15) is 53.8 Å². The summed E-state index contributed by atoms with van der Waals surface area (Å²) in [5.41, 5.74) is 3.11. The van der Waals surface area contributed by atoms with E-state index in [4.69, 9.17) is 9.15 Å². The van der Waals surface area contributed by atoms with Gasteiger partial charge >= 0.3 is 0 Å². The summed E-state index contributed by atoms with van der Waals surface area (Å²) in [6.45, 7) is 2.23. The number of nitrogens with zero attached hydrogens (tertiary/aromatic N) is 1. The molecule has 0 radical (unpaired) electrons. The molecule has 2 saturated carbocycles. The number of aromatic hydroxyl groups is 1. The van der Waals surface area contributed by atoms with Crippen molar-refractivity contribution in [2.45, 2.75) is 62.1 Å². The number of likely N-dealkylation sites (tertiary alicyclic amines) is 1. The highest BCUT2D eigenvalue weighted by atomic mass is 16.5. The fourth-order valence-electron chi connectivity index (χ4n) is 7.51. The number of ether oxygens (including phenoxy) is 1. The summed E-state index contributed by atoms with van der Waals surface area (Å²) in [6.07, 6.45) is 8.21. The molecule has 1 spiro atoms. The molecule has 2 bridgehead atoms. The lowest BCUT2D eigenvalue weighted by Gasteiger charge is -2.59. The monoisotopic (exact) mass is 463 g/mol. The first-order valence-electron chi connectivity index (χ1n) is 12.4. The van der Waals surface area contributed by atoms with Crippen molar-refractivity contribution in [2.75, 3.05) is 18.4 Å². The highest BCUT2D eigenvalue weighted by Crippen LogP contribution is 2.63. The summed E-state index contributed by atoms with van der Waals surface area (Å²) >= 11 is 0. The molecular weight excluding hydrogens is 434 g/mol. The number of nitrogens with one attached hydrogen (secondary N) is 2. The Bertz CT molecular complexity index is 1170. The first-order chi connectivity index (χ1) is 16.6. The van der Waals surface area contributed by atoms with Crippen molar-refractivity contribution in [3.8, 4) is 11.5 Å². The highest BCUT2D eigenvalue weighted by Gasteiger charge is 2.66. The van der Waals surface area contributed by atoms with E-state index in [0.717, 1.165) is 50.2 Å². The summed E-state index contributed by atoms with van der Waals surface area (Å²) < 4.78 is 11.9. The molecule has 7 rings (SSSR count). The summed E-state index contributed by atoms with van der Waals surface area (Å²) in [5.74, 6) is 1.78. The third-order valence-corrected chi connectivity index (χ3v) is 8.98. The number of carbonyl (C=O) groups is 2. The maximum atomic E-state index is 12.9. The lowest BCUT2D eigenvalue weighted by atomic mass is 9.51. The number of anilines is 1. The minimum Gasteiger partial charge on any atom is -0.505 e. The Labute approximate surface area is 197 Å². The first-order valence-corrected chi connectivity index (χ1v) is 12.4. The van der Waals surface area contributed by atoms with Crippen LogP contribution in [0.3, 0.4) is 0 Å². The molecule has 5 aliphatic rings. The number of amides is 2. The van der Waals surface area contributed by atoms with Crippen LogP contribution < -0.4 is 15.4 Å². The molecule has 2 aromatic rings. The number of rotatable bonds is 6. The van der Waals surface area contributed by atoms with Crippen LogP contribution in [-0.4, -0.2) is 53.6 Å². The number of furan rings is 1. The summed E-state index contributed by atoms with van der Waals surface area (Å²) in [7, 11) is 0. The van der Waals surface area contributed by atoms with Gasteiger partial charge in [-0.15, -0.1) is 0 Å². The Morgan fingerprint density at radius 2 is 2.15 bits per heavy atom. The van der Waals surface area contributed by atoms with Crippen LogP contribution in [0.4, 0.5) is 5.69 Å². The molecule has 8 nitrogen and oxygen atoms in total. The SMILES string of the molecule is O=CNc1ccc2c3c1O[C@H]1[C@H](NC(=O)c4cc(O)co4)CC[C@H]4[C@@H](C2)N(CC2CC2)CC[C@@]341. The van der Waals surface area contributed by atoms with Gasteiger partial charge in [0.1, 0.15) is 18.1 Å². The zero-order valence-electron chi connectivity index (χ0n) is 19.0. The van der Waals surface area contributed by atoms with E-state index in [9.17, 15) is 14.7 Å². The molecule has 3 fully saturated rings. The van der Waals surface area contributed by atoms with Gasteiger partial charge in [0.15, 0.2) is 11.5 Å². The second kappa shape index (κ2) is 7.25. The molecule has 34 heavy (non-hydrogen) atoms. The predicted molar refractivity (Wildman–Crippen MR) is 123 cm³/mol. The van der Waals surface area contributed by atoms with Gasteiger partial charge in [0.25, 0.3) is 5.91 Å². The summed E-state index contributed by atoms with van der Waals surface area (Å²) in [5, 5.41) is 15.6. The van der Waals surface area contributed by atoms with Gasteiger partial charge < -0.3 is 24.9 Å². The van der Waals surface area contributed by atoms with Crippen molar-refractivity contribution in [3.63, 3.8) is 0 Å². The smallest absolute Gasteiger partial charge is 0.287 e. The maximum Gasteiger partial charge on any atom is 0.287 e. The Morgan fingerprint density at radius 3 is 2.91 bits per heavy atom. The highest BCUT2D eigenvalue weighted by molar-refractivity contribution is 5.92. The van der Waals surface area contributed by atoms with Crippen LogP contribution in [0, 0.1) is 11.8 Å². The number of carbonyl (C=O) groups excluding carboxylic acids is 2. The second-order valence-electron chi connectivity index (χ2n) is 10.7. The van der Waals surface area contributed by atoms with E-state index in [0.29, 0.717) is 24.1 Å². The molecule has 1 aromatic carbocycles. The van der Waals surface area contributed by atoms with Gasteiger partial charge in [-0.3, -0.25) is 14.5 Å². The van der Waals surface area contributed by atoms with Gasteiger partial charge in [0.05, 0.1) is 11.7 Å². The molecular formula is C26H29N3O5. The molecule has 0 unspecified atom stereocenters. The van der Waals surface area contributed by atoms with Gasteiger partial charge in [-0.1, -0.05) is 6.07 Å². The van der Waals surface area contributed by atoms with Crippen LogP contribution >= 0.6 is 0 Å². The number of hydrogen-bond acceptors (Lipinski definition) is 6. The summed E-state index contributed by atoms with van der Waals surface area (Å²) in [6, 6.07) is 5.75. The number of hydrogen-bond donors (Lipinski definition) is 3. The van der Waals surface area contributed by atoms with E-state index in [1.165, 1.54) is 36.6 Å². The quantitative estimate of drug-likeness (QED) is 0.569. The van der Waals surface area contributed by atoms with Gasteiger partial charge in [0.2, 0.25) is 6.41 Å². The minimum atomic E-state index is -0.343. The fraction of sp³-hybridized carbons (Fsp3) is 0.538. The molecule has 3 N–H and O–H groups in total. The van der Waals surface area contributed by atoms with Crippen molar-refractivity contribution >= 4 is 18.0 Å². The van der Waals surface area contributed by atoms with Crippen LogP contribution in [0.2, 0.25) is 0 Å². The van der Waals surface area contributed by atoms with Crippen LogP contribution in [0.5, 0.6) is 11.5 Å². The standard InChI is InChI=1S/C26H29N3O5/c30-13-27-18-5-3-15-9-20-17-4-6-19(28-25(32)21-10-16(31)12-33-21)24-26(17,22(15)23(18)34-24)7-8-29(20)11-14-1-2-14/h3,5,10,12-14,17,19-20,24,31H,1-2,4,6-9,11H2,(H,27,30)(H,28,32)/t17-,19+,20+,24-,26-/m0/s1.